The predicted octanol–water partition coefficient (Wildman–Crippen LogP) is 1.87. The second-order valence-corrected chi connectivity index (χ2v) is 2.66. The largest absolute Gasteiger partial charge is 0.320 e. The molecule has 0 saturated heterocycles. The molecule has 0 aromatic rings. The van der Waals surface area contributed by atoms with Crippen LogP contribution in [0.15, 0.2) is 23.8 Å². The number of allylic oxidation sites excluding steroid dienone is 4. The van der Waals surface area contributed by atoms with Gasteiger partial charge in [0, 0.05) is 0 Å². The highest BCUT2D eigenvalue weighted by Crippen LogP contribution is 2.15. The van der Waals surface area contributed by atoms with Gasteiger partial charge in [0.1, 0.15) is 0 Å². The Kier molecular flexibility index (Phi) is 3.23. The third kappa shape index (κ3) is 2.36. The number of rotatable bonds is 4. The molecule has 1 rings (SSSR count). The number of hydrogen-bond acceptors (Lipinski definition) is 1. The fourth-order valence-electron chi connectivity index (χ4n) is 1.17. The van der Waals surface area contributed by atoms with E-state index >= 15 is 0 Å². The molecule has 1 aliphatic rings. The van der Waals surface area contributed by atoms with E-state index in [1.807, 2.05) is 7.05 Å². The average molecular weight is 137 g/mol. The molecule has 10 heavy (non-hydrogen) atoms. The molecule has 0 radical (unpaired) electrons. The van der Waals surface area contributed by atoms with Crippen LogP contribution in [-0.4, -0.2) is 13.6 Å². The van der Waals surface area contributed by atoms with Gasteiger partial charge in [-0.15, -0.1) is 0 Å². The van der Waals surface area contributed by atoms with Gasteiger partial charge in [0.2, 0.25) is 0 Å². The molecule has 0 amide bonds. The summed E-state index contributed by atoms with van der Waals surface area (Å²) in [5, 5.41) is 3.14. The van der Waals surface area contributed by atoms with Crippen molar-refractivity contribution < 1.29 is 0 Å². The van der Waals surface area contributed by atoms with Crippen LogP contribution in [0.1, 0.15) is 19.3 Å². The van der Waals surface area contributed by atoms with E-state index in [2.05, 4.69) is 23.5 Å². The smallest absolute Gasteiger partial charge is 0.00489 e. The van der Waals surface area contributed by atoms with E-state index in [4.69, 9.17) is 0 Å². The van der Waals surface area contributed by atoms with E-state index in [1.165, 1.54) is 19.3 Å². The molecular weight excluding hydrogens is 122 g/mol. The van der Waals surface area contributed by atoms with E-state index in [9.17, 15) is 0 Å². The normalized spacial score (nSPS) is 15.9. The minimum absolute atomic E-state index is 1.14. The summed E-state index contributed by atoms with van der Waals surface area (Å²) >= 11 is 0. The van der Waals surface area contributed by atoms with E-state index in [0.29, 0.717) is 0 Å². The Morgan fingerprint density at radius 3 is 3.10 bits per heavy atom. The first-order valence-electron chi connectivity index (χ1n) is 3.92. The van der Waals surface area contributed by atoms with E-state index in [-0.39, 0.29) is 0 Å². The fraction of sp³-hybridized carbons (Fsp3) is 0.556. The van der Waals surface area contributed by atoms with Gasteiger partial charge in [-0.25, -0.2) is 0 Å². The lowest BCUT2D eigenvalue weighted by Gasteiger charge is -1.99. The van der Waals surface area contributed by atoms with Crippen LogP contribution in [0.2, 0.25) is 0 Å². The highest BCUT2D eigenvalue weighted by atomic mass is 14.8. The summed E-state index contributed by atoms with van der Waals surface area (Å²) in [6.07, 6.45) is 10.3. The third-order valence-corrected chi connectivity index (χ3v) is 1.77. The Morgan fingerprint density at radius 2 is 2.50 bits per heavy atom. The van der Waals surface area contributed by atoms with Crippen molar-refractivity contribution >= 4 is 0 Å². The molecule has 0 aliphatic heterocycles. The summed E-state index contributed by atoms with van der Waals surface area (Å²) in [6, 6.07) is 0. The molecule has 0 fully saturated rings. The maximum Gasteiger partial charge on any atom is -0.00489 e. The molecule has 1 heteroatoms. The van der Waals surface area contributed by atoms with Crippen LogP contribution in [0, 0.1) is 0 Å². The van der Waals surface area contributed by atoms with Gasteiger partial charge in [-0.1, -0.05) is 23.8 Å². The van der Waals surface area contributed by atoms with Gasteiger partial charge in [-0.2, -0.15) is 0 Å². The van der Waals surface area contributed by atoms with Crippen molar-refractivity contribution in [3.63, 3.8) is 0 Å². The maximum absolute atomic E-state index is 3.14. The van der Waals surface area contributed by atoms with E-state index in [1.54, 1.807) is 5.57 Å². The summed E-state index contributed by atoms with van der Waals surface area (Å²) in [6.45, 7) is 1.14. The monoisotopic (exact) mass is 137 g/mol. The van der Waals surface area contributed by atoms with Crippen molar-refractivity contribution in [3.8, 4) is 0 Å². The standard InChI is InChI=1S/C9H15N/c1-10-8-4-7-9-5-2-3-6-9/h2-3,5,10H,4,6-8H2,1H3. The lowest BCUT2D eigenvalue weighted by molar-refractivity contribution is 0.716. The first kappa shape index (κ1) is 7.55. The van der Waals surface area contributed by atoms with Crippen molar-refractivity contribution in [1.29, 1.82) is 0 Å². The molecule has 0 aromatic heterocycles. The zero-order chi connectivity index (χ0) is 7.23. The topological polar surface area (TPSA) is 12.0 Å². The number of hydrogen-bond donors (Lipinski definition) is 1. The van der Waals surface area contributed by atoms with Crippen LogP contribution in [0.25, 0.3) is 0 Å². The van der Waals surface area contributed by atoms with Crippen molar-refractivity contribution in [2.24, 2.45) is 0 Å². The summed E-state index contributed by atoms with van der Waals surface area (Å²) in [4.78, 5) is 0. The van der Waals surface area contributed by atoms with Crippen molar-refractivity contribution in [2.45, 2.75) is 19.3 Å². The Bertz CT molecular complexity index is 145. The zero-order valence-electron chi connectivity index (χ0n) is 6.56. The molecule has 0 aromatic carbocycles. The molecule has 0 unspecified atom stereocenters. The number of nitrogens with one attached hydrogen (secondary N) is 1. The van der Waals surface area contributed by atoms with Crippen LogP contribution in [0.3, 0.4) is 0 Å². The first-order valence-corrected chi connectivity index (χ1v) is 3.92. The van der Waals surface area contributed by atoms with Gasteiger partial charge < -0.3 is 5.32 Å². The predicted molar refractivity (Wildman–Crippen MR) is 45.0 cm³/mol. The molecule has 0 saturated carbocycles. The highest BCUT2D eigenvalue weighted by molar-refractivity contribution is 5.22. The minimum atomic E-state index is 1.14. The molecule has 1 aliphatic carbocycles. The average Bonchev–Trinajstić information content (AvgIpc) is 2.41. The Morgan fingerprint density at radius 1 is 1.60 bits per heavy atom. The van der Waals surface area contributed by atoms with Gasteiger partial charge in [0.05, 0.1) is 0 Å². The fourth-order valence-corrected chi connectivity index (χ4v) is 1.17. The zero-order valence-corrected chi connectivity index (χ0v) is 6.56. The van der Waals surface area contributed by atoms with Crippen LogP contribution in [0.5, 0.6) is 0 Å². The summed E-state index contributed by atoms with van der Waals surface area (Å²) in [5.41, 5.74) is 1.58. The maximum atomic E-state index is 3.14. The quantitative estimate of drug-likeness (QED) is 0.583. The van der Waals surface area contributed by atoms with Crippen molar-refractivity contribution in [3.05, 3.63) is 23.8 Å². The molecule has 0 bridgehead atoms. The highest BCUT2D eigenvalue weighted by Gasteiger charge is 1.97. The molecule has 0 atom stereocenters. The van der Waals surface area contributed by atoms with Gasteiger partial charge in [0.15, 0.2) is 0 Å². The van der Waals surface area contributed by atoms with E-state index in [0.717, 1.165) is 6.54 Å². The van der Waals surface area contributed by atoms with Crippen LogP contribution in [0.4, 0.5) is 0 Å². The minimum Gasteiger partial charge on any atom is -0.320 e. The summed E-state index contributed by atoms with van der Waals surface area (Å²) in [5.74, 6) is 0. The van der Waals surface area contributed by atoms with Crippen LogP contribution >= 0.6 is 0 Å². The second kappa shape index (κ2) is 4.29. The molecule has 0 heterocycles. The van der Waals surface area contributed by atoms with Crippen LogP contribution < -0.4 is 5.32 Å². The van der Waals surface area contributed by atoms with Gasteiger partial charge >= 0.3 is 0 Å². The summed E-state index contributed by atoms with van der Waals surface area (Å²) < 4.78 is 0. The molecular formula is C9H15N. The third-order valence-electron chi connectivity index (χ3n) is 1.77. The molecule has 0 spiro atoms. The van der Waals surface area contributed by atoms with E-state index < -0.39 is 0 Å². The molecule has 1 nitrogen and oxygen atoms in total. The SMILES string of the molecule is CNCCCC1=CC=CC1. The van der Waals surface area contributed by atoms with Gasteiger partial charge in [-0.05, 0) is 32.9 Å². The Hall–Kier alpha value is -0.560. The Balaban J connectivity index is 2.04. The lowest BCUT2D eigenvalue weighted by Crippen LogP contribution is -2.07. The summed E-state index contributed by atoms with van der Waals surface area (Å²) in [7, 11) is 2.00. The van der Waals surface area contributed by atoms with Gasteiger partial charge in [0.25, 0.3) is 0 Å². The Labute approximate surface area is 62.8 Å². The first-order chi connectivity index (χ1) is 4.93. The van der Waals surface area contributed by atoms with Crippen molar-refractivity contribution in [2.75, 3.05) is 13.6 Å². The molecule has 56 valence electrons. The van der Waals surface area contributed by atoms with Gasteiger partial charge in [-0.3, -0.25) is 0 Å². The van der Waals surface area contributed by atoms with Crippen molar-refractivity contribution in [1.82, 2.24) is 5.32 Å². The second-order valence-electron chi connectivity index (χ2n) is 2.66. The molecule has 1 N–H and O–H groups in total. The lowest BCUT2D eigenvalue weighted by atomic mass is 10.1. The van der Waals surface area contributed by atoms with Crippen LogP contribution in [-0.2, 0) is 0 Å².